The predicted octanol–water partition coefficient (Wildman–Crippen LogP) is 6.10. The van der Waals surface area contributed by atoms with Crippen molar-refractivity contribution in [1.82, 2.24) is 9.78 Å². The monoisotopic (exact) mass is 540 g/mol. The van der Waals surface area contributed by atoms with Gasteiger partial charge >= 0.3 is 0 Å². The van der Waals surface area contributed by atoms with Crippen LogP contribution in [0.3, 0.4) is 0 Å². The van der Waals surface area contributed by atoms with Crippen LogP contribution >= 0.6 is 31.9 Å². The molecule has 0 spiro atoms. The SMILES string of the molecule is COc1ccc(/C=C\c2nn(-c3ccccc3)c3c(=O)c(Br)cc(Br)cc23)c(OC)c1. The molecule has 156 valence electrons. The van der Waals surface area contributed by atoms with Crippen molar-refractivity contribution in [2.75, 3.05) is 14.2 Å². The maximum atomic E-state index is 13.1. The number of fused-ring (bicyclic) bond motifs is 1. The second-order valence-electron chi connectivity index (χ2n) is 6.69. The molecule has 0 amide bonds. The molecular formula is C24H18Br2N2O3. The van der Waals surface area contributed by atoms with Crippen LogP contribution in [0.5, 0.6) is 11.5 Å². The minimum absolute atomic E-state index is 0.140. The lowest BCUT2D eigenvalue weighted by molar-refractivity contribution is 0.394. The van der Waals surface area contributed by atoms with Gasteiger partial charge in [0.1, 0.15) is 17.0 Å². The van der Waals surface area contributed by atoms with Gasteiger partial charge in [-0.15, -0.1) is 0 Å². The van der Waals surface area contributed by atoms with Crippen LogP contribution in [0.1, 0.15) is 11.3 Å². The highest BCUT2D eigenvalue weighted by atomic mass is 79.9. The van der Waals surface area contributed by atoms with Crippen LogP contribution in [0.4, 0.5) is 0 Å². The van der Waals surface area contributed by atoms with E-state index in [0.717, 1.165) is 21.1 Å². The molecule has 0 bridgehead atoms. The highest BCUT2D eigenvalue weighted by Gasteiger charge is 2.15. The molecule has 0 atom stereocenters. The van der Waals surface area contributed by atoms with Gasteiger partial charge in [0.15, 0.2) is 0 Å². The normalized spacial score (nSPS) is 11.2. The number of aromatic nitrogens is 2. The number of nitrogens with zero attached hydrogens (tertiary/aromatic N) is 2. The third kappa shape index (κ3) is 4.29. The zero-order valence-electron chi connectivity index (χ0n) is 16.8. The Labute approximate surface area is 196 Å². The van der Waals surface area contributed by atoms with Crippen molar-refractivity contribution >= 4 is 54.9 Å². The average molecular weight is 542 g/mol. The number of hydrogen-bond donors (Lipinski definition) is 0. The summed E-state index contributed by atoms with van der Waals surface area (Å²) in [5.41, 5.74) is 2.69. The Hall–Kier alpha value is -2.90. The topological polar surface area (TPSA) is 53.4 Å². The molecule has 3 aromatic carbocycles. The largest absolute Gasteiger partial charge is 0.497 e. The van der Waals surface area contributed by atoms with E-state index in [1.807, 2.05) is 66.7 Å². The van der Waals surface area contributed by atoms with Crippen molar-refractivity contribution in [3.63, 3.8) is 0 Å². The molecule has 0 aliphatic carbocycles. The van der Waals surface area contributed by atoms with Crippen LogP contribution in [0.2, 0.25) is 0 Å². The predicted molar refractivity (Wildman–Crippen MR) is 131 cm³/mol. The molecule has 0 unspecified atom stereocenters. The third-order valence-corrected chi connectivity index (χ3v) is 5.84. The molecule has 1 heterocycles. The molecule has 0 aliphatic rings. The van der Waals surface area contributed by atoms with Crippen LogP contribution in [0.25, 0.3) is 28.7 Å². The van der Waals surface area contributed by atoms with Crippen molar-refractivity contribution in [2.24, 2.45) is 0 Å². The molecule has 4 aromatic rings. The van der Waals surface area contributed by atoms with Crippen molar-refractivity contribution in [1.29, 1.82) is 0 Å². The van der Waals surface area contributed by atoms with Crippen LogP contribution in [0.15, 0.2) is 74.4 Å². The second-order valence-corrected chi connectivity index (χ2v) is 8.46. The first-order chi connectivity index (χ1) is 15.0. The van der Waals surface area contributed by atoms with Gasteiger partial charge in [0.2, 0.25) is 5.43 Å². The Kier molecular flexibility index (Phi) is 6.25. The second kappa shape index (κ2) is 9.08. The zero-order valence-corrected chi connectivity index (χ0v) is 20.0. The van der Waals surface area contributed by atoms with Gasteiger partial charge < -0.3 is 9.47 Å². The van der Waals surface area contributed by atoms with E-state index in [1.165, 1.54) is 0 Å². The summed E-state index contributed by atoms with van der Waals surface area (Å²) in [7, 11) is 3.23. The third-order valence-electron chi connectivity index (χ3n) is 4.79. The maximum absolute atomic E-state index is 13.1. The Balaban J connectivity index is 1.95. The summed E-state index contributed by atoms with van der Waals surface area (Å²) in [6.07, 6.45) is 3.79. The highest BCUT2D eigenvalue weighted by Crippen LogP contribution is 2.29. The quantitative estimate of drug-likeness (QED) is 0.306. The summed E-state index contributed by atoms with van der Waals surface area (Å²) < 4.78 is 13.7. The van der Waals surface area contributed by atoms with Crippen LogP contribution in [-0.2, 0) is 0 Å². The van der Waals surface area contributed by atoms with Crippen molar-refractivity contribution < 1.29 is 9.47 Å². The molecule has 4 rings (SSSR count). The lowest BCUT2D eigenvalue weighted by Crippen LogP contribution is -2.06. The molecule has 5 nitrogen and oxygen atoms in total. The van der Waals surface area contributed by atoms with Gasteiger partial charge in [0.05, 0.1) is 30.1 Å². The van der Waals surface area contributed by atoms with Gasteiger partial charge in [0.25, 0.3) is 0 Å². The summed E-state index contributed by atoms with van der Waals surface area (Å²) in [6, 6.07) is 18.8. The van der Waals surface area contributed by atoms with E-state index in [4.69, 9.17) is 14.6 Å². The van der Waals surface area contributed by atoms with Crippen molar-refractivity contribution in [2.45, 2.75) is 0 Å². The van der Waals surface area contributed by atoms with Crippen LogP contribution in [0, 0.1) is 0 Å². The molecule has 0 aliphatic heterocycles. The first-order valence-electron chi connectivity index (χ1n) is 9.39. The Bertz CT molecular complexity index is 1350. The first-order valence-corrected chi connectivity index (χ1v) is 11.0. The van der Waals surface area contributed by atoms with E-state index in [-0.39, 0.29) is 5.43 Å². The molecule has 0 fully saturated rings. The van der Waals surface area contributed by atoms with E-state index >= 15 is 0 Å². The molecule has 1 aromatic heterocycles. The first kappa shape index (κ1) is 21.3. The van der Waals surface area contributed by atoms with E-state index in [2.05, 4.69) is 31.9 Å². The van der Waals surface area contributed by atoms with Gasteiger partial charge in [-0.2, -0.15) is 5.10 Å². The number of methoxy groups -OCH3 is 2. The Morgan fingerprint density at radius 1 is 0.935 bits per heavy atom. The summed E-state index contributed by atoms with van der Waals surface area (Å²) >= 11 is 6.91. The lowest BCUT2D eigenvalue weighted by Gasteiger charge is -2.07. The number of halogens is 2. The van der Waals surface area contributed by atoms with Crippen LogP contribution < -0.4 is 14.9 Å². The van der Waals surface area contributed by atoms with Gasteiger partial charge in [-0.05, 0) is 64.5 Å². The maximum Gasteiger partial charge on any atom is 0.219 e. The fraction of sp³-hybridized carbons (Fsp3) is 0.0833. The number of rotatable bonds is 5. The van der Waals surface area contributed by atoms with Gasteiger partial charge in [-0.25, -0.2) is 4.68 Å². The molecule has 7 heteroatoms. The smallest absolute Gasteiger partial charge is 0.219 e. The van der Waals surface area contributed by atoms with E-state index in [0.29, 0.717) is 27.2 Å². The number of hydrogen-bond acceptors (Lipinski definition) is 4. The van der Waals surface area contributed by atoms with Gasteiger partial charge in [-0.1, -0.05) is 34.1 Å². The molecule has 0 radical (unpaired) electrons. The number of benzene rings is 2. The van der Waals surface area contributed by atoms with Gasteiger partial charge in [-0.3, -0.25) is 4.79 Å². The minimum Gasteiger partial charge on any atom is -0.497 e. The molecule has 31 heavy (non-hydrogen) atoms. The van der Waals surface area contributed by atoms with E-state index < -0.39 is 0 Å². The highest BCUT2D eigenvalue weighted by molar-refractivity contribution is 9.11. The average Bonchev–Trinajstić information content (AvgIpc) is 3.09. The fourth-order valence-electron chi connectivity index (χ4n) is 3.29. The molecular weight excluding hydrogens is 524 g/mol. The lowest BCUT2D eigenvalue weighted by atomic mass is 10.1. The Morgan fingerprint density at radius 2 is 1.71 bits per heavy atom. The fourth-order valence-corrected chi connectivity index (χ4v) is 4.49. The van der Waals surface area contributed by atoms with Crippen molar-refractivity contribution in [3.05, 3.63) is 91.1 Å². The number of ether oxygens (including phenoxy) is 2. The summed E-state index contributed by atoms with van der Waals surface area (Å²) in [4.78, 5) is 13.1. The van der Waals surface area contributed by atoms with Gasteiger partial charge in [0, 0.05) is 21.5 Å². The Morgan fingerprint density at radius 3 is 2.42 bits per heavy atom. The van der Waals surface area contributed by atoms with Crippen LogP contribution in [-0.4, -0.2) is 24.0 Å². The molecule has 0 N–H and O–H groups in total. The summed E-state index contributed by atoms with van der Waals surface area (Å²) in [5.74, 6) is 1.39. The van der Waals surface area contributed by atoms with Crippen molar-refractivity contribution in [3.8, 4) is 17.2 Å². The zero-order chi connectivity index (χ0) is 22.0. The summed E-state index contributed by atoms with van der Waals surface area (Å²) in [6.45, 7) is 0. The standard InChI is InChI=1S/C24H18Br2N2O3/c1-30-18-10-8-15(22(14-18)31-2)9-11-21-19-12-16(25)13-20(26)24(29)23(19)28(27-21)17-6-4-3-5-7-17/h3-14H,1-2H3/b11-9-. The molecule has 0 saturated carbocycles. The minimum atomic E-state index is -0.140. The molecule has 0 saturated heterocycles. The number of para-hydroxylation sites is 1. The summed E-state index contributed by atoms with van der Waals surface area (Å²) in [5, 5.41) is 5.49. The van der Waals surface area contributed by atoms with E-state index in [9.17, 15) is 4.79 Å². The van der Waals surface area contributed by atoms with E-state index in [1.54, 1.807) is 25.0 Å².